The van der Waals surface area contributed by atoms with Crippen LogP contribution in [0.1, 0.15) is 10.4 Å². The minimum absolute atomic E-state index is 0.448. The van der Waals surface area contributed by atoms with E-state index in [1.54, 1.807) is 30.7 Å². The molecule has 0 bridgehead atoms. The lowest BCUT2D eigenvalue weighted by Gasteiger charge is -2.04. The molecule has 16 heavy (non-hydrogen) atoms. The first kappa shape index (κ1) is 11.1. The molecule has 1 aromatic carbocycles. The van der Waals surface area contributed by atoms with Gasteiger partial charge in [0.15, 0.2) is 6.29 Å². The number of benzene rings is 1. The predicted molar refractivity (Wildman–Crippen MR) is 63.0 cm³/mol. The van der Waals surface area contributed by atoms with E-state index in [4.69, 9.17) is 11.6 Å². The maximum absolute atomic E-state index is 10.9. The molecule has 0 fully saturated rings. The van der Waals surface area contributed by atoms with E-state index in [9.17, 15) is 4.79 Å². The fourth-order valence-corrected chi connectivity index (χ4v) is 2.31. The molecular weight excluding hydrogens is 244 g/mol. The molecule has 80 valence electrons. The quantitative estimate of drug-likeness (QED) is 0.785. The van der Waals surface area contributed by atoms with Crippen LogP contribution in [0.25, 0.3) is 0 Å². The van der Waals surface area contributed by atoms with Crippen LogP contribution in [0.5, 0.6) is 0 Å². The molecule has 2 aromatic rings. The third-order valence-electron chi connectivity index (χ3n) is 1.88. The number of carbonyl (C=O) groups excluding carboxylic acids is 1. The summed E-state index contributed by atoms with van der Waals surface area (Å²) in [5, 5.41) is 1.18. The second kappa shape index (κ2) is 5.09. The minimum atomic E-state index is 0.448. The Bertz CT molecular complexity index is 505. The second-order valence-electron chi connectivity index (χ2n) is 2.92. The highest BCUT2D eigenvalue weighted by Gasteiger charge is 2.07. The summed E-state index contributed by atoms with van der Waals surface area (Å²) in [5.41, 5.74) is 0.486. The van der Waals surface area contributed by atoms with Gasteiger partial charge in [0, 0.05) is 22.9 Å². The molecule has 0 saturated heterocycles. The van der Waals surface area contributed by atoms with E-state index >= 15 is 0 Å². The molecular formula is C11H7ClN2OS. The Balaban J connectivity index is 2.35. The van der Waals surface area contributed by atoms with Gasteiger partial charge in [-0.05, 0) is 12.1 Å². The summed E-state index contributed by atoms with van der Waals surface area (Å²) in [5.74, 6) is 0. The van der Waals surface area contributed by atoms with Crippen LogP contribution in [-0.2, 0) is 0 Å². The van der Waals surface area contributed by atoms with Crippen molar-refractivity contribution in [3.05, 3.63) is 47.4 Å². The second-order valence-corrected chi connectivity index (χ2v) is 4.38. The van der Waals surface area contributed by atoms with Crippen LogP contribution in [0, 0.1) is 0 Å². The summed E-state index contributed by atoms with van der Waals surface area (Å²) >= 11 is 7.28. The predicted octanol–water partition coefficient (Wildman–Crippen LogP) is 3.09. The van der Waals surface area contributed by atoms with Crippen LogP contribution in [-0.4, -0.2) is 16.3 Å². The van der Waals surface area contributed by atoms with E-state index in [2.05, 4.69) is 9.97 Å². The summed E-state index contributed by atoms with van der Waals surface area (Å²) in [6.45, 7) is 0. The lowest BCUT2D eigenvalue weighted by molar-refractivity contribution is 0.112. The Morgan fingerprint density at radius 3 is 2.88 bits per heavy atom. The Labute approximate surface area is 102 Å². The summed E-state index contributed by atoms with van der Waals surface area (Å²) in [6.07, 6.45) is 5.59. The first-order valence-corrected chi connectivity index (χ1v) is 5.68. The highest BCUT2D eigenvalue weighted by Crippen LogP contribution is 2.31. The fraction of sp³-hybridized carbons (Fsp3) is 0. The largest absolute Gasteiger partial charge is 0.298 e. The van der Waals surface area contributed by atoms with E-state index in [1.807, 2.05) is 6.07 Å². The number of rotatable bonds is 3. The third kappa shape index (κ3) is 2.40. The first-order valence-electron chi connectivity index (χ1n) is 4.49. The molecule has 5 heteroatoms. The molecule has 0 N–H and O–H groups in total. The Morgan fingerprint density at radius 1 is 1.31 bits per heavy atom. The van der Waals surface area contributed by atoms with Gasteiger partial charge in [-0.3, -0.25) is 9.78 Å². The van der Waals surface area contributed by atoms with Crippen molar-refractivity contribution in [2.45, 2.75) is 9.92 Å². The third-order valence-corrected chi connectivity index (χ3v) is 3.21. The van der Waals surface area contributed by atoms with Gasteiger partial charge in [0.1, 0.15) is 5.03 Å². The van der Waals surface area contributed by atoms with Crippen LogP contribution >= 0.6 is 23.4 Å². The van der Waals surface area contributed by atoms with Crippen molar-refractivity contribution in [2.24, 2.45) is 0 Å². The molecule has 1 heterocycles. The number of aldehydes is 1. The molecule has 0 aliphatic heterocycles. The van der Waals surface area contributed by atoms with Gasteiger partial charge >= 0.3 is 0 Å². The van der Waals surface area contributed by atoms with Gasteiger partial charge in [-0.1, -0.05) is 29.4 Å². The first-order chi connectivity index (χ1) is 7.81. The molecule has 0 spiro atoms. The molecule has 0 unspecified atom stereocenters. The van der Waals surface area contributed by atoms with Crippen molar-refractivity contribution in [1.29, 1.82) is 0 Å². The molecule has 0 aliphatic rings. The molecule has 0 aliphatic carbocycles. The maximum Gasteiger partial charge on any atom is 0.152 e. The molecule has 3 nitrogen and oxygen atoms in total. The van der Waals surface area contributed by atoms with Crippen molar-refractivity contribution in [3.63, 3.8) is 0 Å². The standard InChI is InChI=1S/C11H7ClN2OS/c12-9-2-1-3-10(8(9)7-15)16-11-6-13-4-5-14-11/h1-7H. The summed E-state index contributed by atoms with van der Waals surface area (Å²) in [6, 6.07) is 5.31. The monoisotopic (exact) mass is 250 g/mol. The number of nitrogens with zero attached hydrogens (tertiary/aromatic N) is 2. The van der Waals surface area contributed by atoms with E-state index in [0.29, 0.717) is 10.6 Å². The lowest BCUT2D eigenvalue weighted by atomic mass is 10.2. The van der Waals surface area contributed by atoms with E-state index in [0.717, 1.165) is 16.2 Å². The van der Waals surface area contributed by atoms with Gasteiger partial charge in [0.05, 0.1) is 11.2 Å². The van der Waals surface area contributed by atoms with Crippen LogP contribution in [0.2, 0.25) is 5.02 Å². The van der Waals surface area contributed by atoms with E-state index < -0.39 is 0 Å². The van der Waals surface area contributed by atoms with Crippen molar-refractivity contribution < 1.29 is 4.79 Å². The topological polar surface area (TPSA) is 42.9 Å². The average Bonchev–Trinajstić information content (AvgIpc) is 2.31. The van der Waals surface area contributed by atoms with Crippen molar-refractivity contribution >= 4 is 29.6 Å². The fourth-order valence-electron chi connectivity index (χ4n) is 1.17. The van der Waals surface area contributed by atoms with Crippen LogP contribution in [0.3, 0.4) is 0 Å². The van der Waals surface area contributed by atoms with Crippen molar-refractivity contribution in [2.75, 3.05) is 0 Å². The lowest BCUT2D eigenvalue weighted by Crippen LogP contribution is -1.88. The number of hydrogen-bond donors (Lipinski definition) is 0. The minimum Gasteiger partial charge on any atom is -0.298 e. The number of hydrogen-bond acceptors (Lipinski definition) is 4. The maximum atomic E-state index is 10.9. The Kier molecular flexibility index (Phi) is 3.54. The summed E-state index contributed by atoms with van der Waals surface area (Å²) in [7, 11) is 0. The van der Waals surface area contributed by atoms with Crippen LogP contribution in [0.15, 0.2) is 46.7 Å². The highest BCUT2D eigenvalue weighted by atomic mass is 35.5. The number of aromatic nitrogens is 2. The molecule has 0 radical (unpaired) electrons. The van der Waals surface area contributed by atoms with Gasteiger partial charge < -0.3 is 0 Å². The Morgan fingerprint density at radius 2 is 2.19 bits per heavy atom. The average molecular weight is 251 g/mol. The molecule has 0 amide bonds. The molecule has 0 atom stereocenters. The molecule has 2 rings (SSSR count). The number of halogens is 1. The SMILES string of the molecule is O=Cc1c(Cl)cccc1Sc1cnccn1. The van der Waals surface area contributed by atoms with Gasteiger partial charge in [-0.25, -0.2) is 4.98 Å². The zero-order valence-electron chi connectivity index (χ0n) is 8.13. The van der Waals surface area contributed by atoms with Gasteiger partial charge in [0.25, 0.3) is 0 Å². The zero-order valence-corrected chi connectivity index (χ0v) is 9.70. The van der Waals surface area contributed by atoms with E-state index in [-0.39, 0.29) is 0 Å². The van der Waals surface area contributed by atoms with Crippen molar-refractivity contribution in [3.8, 4) is 0 Å². The highest BCUT2D eigenvalue weighted by molar-refractivity contribution is 7.99. The summed E-state index contributed by atoms with van der Waals surface area (Å²) in [4.78, 5) is 19.8. The molecule has 0 saturated carbocycles. The normalized spacial score (nSPS) is 10.1. The van der Waals surface area contributed by atoms with Crippen LogP contribution < -0.4 is 0 Å². The zero-order chi connectivity index (χ0) is 11.4. The molecule has 1 aromatic heterocycles. The Hall–Kier alpha value is -1.39. The van der Waals surface area contributed by atoms with Crippen molar-refractivity contribution in [1.82, 2.24) is 9.97 Å². The van der Waals surface area contributed by atoms with Gasteiger partial charge in [-0.2, -0.15) is 0 Å². The van der Waals surface area contributed by atoms with E-state index in [1.165, 1.54) is 11.8 Å². The van der Waals surface area contributed by atoms with Gasteiger partial charge in [-0.15, -0.1) is 0 Å². The number of carbonyl (C=O) groups is 1. The van der Waals surface area contributed by atoms with Crippen LogP contribution in [0.4, 0.5) is 0 Å². The summed E-state index contributed by atoms with van der Waals surface area (Å²) < 4.78 is 0. The smallest absolute Gasteiger partial charge is 0.152 e. The van der Waals surface area contributed by atoms with Gasteiger partial charge in [0.2, 0.25) is 0 Å².